The molecule has 1 aromatic carbocycles. The van der Waals surface area contributed by atoms with Gasteiger partial charge in [0, 0.05) is 0 Å². The zero-order valence-corrected chi connectivity index (χ0v) is 11.3. The first-order chi connectivity index (χ1) is 7.25. The van der Waals surface area contributed by atoms with Crippen LogP contribution >= 0.6 is 15.9 Å². The first-order valence-electron chi connectivity index (χ1n) is 5.12. The maximum atomic E-state index is 13.3. The normalized spacial score (nSPS) is 15.9. The van der Waals surface area contributed by atoms with Crippen LogP contribution in [0.3, 0.4) is 0 Å². The van der Waals surface area contributed by atoms with Gasteiger partial charge in [0.25, 0.3) is 0 Å². The van der Waals surface area contributed by atoms with Crippen molar-refractivity contribution in [2.24, 2.45) is 11.1 Å². The fraction of sp³-hybridized carbons (Fsp3) is 0.500. The van der Waals surface area contributed by atoms with Crippen LogP contribution in [0.5, 0.6) is 0 Å². The van der Waals surface area contributed by atoms with Crippen molar-refractivity contribution in [3.05, 3.63) is 34.1 Å². The highest BCUT2D eigenvalue weighted by molar-refractivity contribution is 9.10. The number of aliphatic hydroxyl groups excluding tert-OH is 1. The number of rotatable bonds is 2. The van der Waals surface area contributed by atoms with E-state index < -0.39 is 12.1 Å². The molecule has 1 rings (SSSR count). The quantitative estimate of drug-likeness (QED) is 0.879. The predicted octanol–water partition coefficient (Wildman–Crippen LogP) is 3.00. The molecule has 0 fully saturated rings. The highest BCUT2D eigenvalue weighted by Crippen LogP contribution is 2.32. The van der Waals surface area contributed by atoms with Gasteiger partial charge >= 0.3 is 0 Å². The number of aliphatic hydroxyl groups is 1. The summed E-state index contributed by atoms with van der Waals surface area (Å²) in [5.41, 5.74) is 6.19. The lowest BCUT2D eigenvalue weighted by Crippen LogP contribution is -2.37. The van der Waals surface area contributed by atoms with E-state index in [0.717, 1.165) is 0 Å². The summed E-state index contributed by atoms with van der Waals surface area (Å²) in [6, 6.07) is 4.05. The Labute approximate surface area is 104 Å². The van der Waals surface area contributed by atoms with Crippen LogP contribution in [0, 0.1) is 11.2 Å². The average Bonchev–Trinajstić information content (AvgIpc) is 2.18. The number of halogens is 2. The molecular formula is C12H17BrFNO. The molecule has 90 valence electrons. The Morgan fingerprint density at radius 2 is 1.94 bits per heavy atom. The Morgan fingerprint density at radius 3 is 2.44 bits per heavy atom. The second-order valence-corrected chi connectivity index (χ2v) is 5.77. The highest BCUT2D eigenvalue weighted by atomic mass is 79.9. The summed E-state index contributed by atoms with van der Waals surface area (Å²) < 4.78 is 13.6. The Morgan fingerprint density at radius 1 is 1.38 bits per heavy atom. The van der Waals surface area contributed by atoms with Crippen LogP contribution in [0.1, 0.15) is 32.4 Å². The van der Waals surface area contributed by atoms with E-state index >= 15 is 0 Å². The van der Waals surface area contributed by atoms with Gasteiger partial charge in [0.1, 0.15) is 5.82 Å². The molecule has 2 nitrogen and oxygen atoms in total. The number of nitrogens with two attached hydrogens (primary N) is 1. The van der Waals surface area contributed by atoms with Crippen molar-refractivity contribution in [3.8, 4) is 0 Å². The summed E-state index contributed by atoms with van der Waals surface area (Å²) in [4.78, 5) is 0. The van der Waals surface area contributed by atoms with Gasteiger partial charge in [-0.05, 0) is 33.0 Å². The van der Waals surface area contributed by atoms with Gasteiger partial charge in [-0.25, -0.2) is 4.39 Å². The van der Waals surface area contributed by atoms with Crippen molar-refractivity contribution < 1.29 is 9.50 Å². The molecule has 1 aromatic rings. The highest BCUT2D eigenvalue weighted by Gasteiger charge is 2.30. The lowest BCUT2D eigenvalue weighted by Gasteiger charge is -2.31. The van der Waals surface area contributed by atoms with Gasteiger partial charge in [-0.15, -0.1) is 0 Å². The van der Waals surface area contributed by atoms with Crippen LogP contribution in [0.15, 0.2) is 22.7 Å². The molecule has 0 heterocycles. The molecule has 0 spiro atoms. The Bertz CT molecular complexity index is 376. The zero-order chi connectivity index (χ0) is 12.5. The van der Waals surface area contributed by atoms with Crippen LogP contribution in [0.2, 0.25) is 0 Å². The lowest BCUT2D eigenvalue weighted by atomic mass is 9.82. The topological polar surface area (TPSA) is 46.2 Å². The second-order valence-electron chi connectivity index (χ2n) is 4.98. The summed E-state index contributed by atoms with van der Waals surface area (Å²) >= 11 is 3.15. The van der Waals surface area contributed by atoms with Crippen molar-refractivity contribution in [1.82, 2.24) is 0 Å². The molecule has 0 saturated heterocycles. The van der Waals surface area contributed by atoms with Crippen molar-refractivity contribution in [3.63, 3.8) is 0 Å². The minimum absolute atomic E-state index is 0.325. The monoisotopic (exact) mass is 289 g/mol. The molecule has 0 radical (unpaired) electrons. The van der Waals surface area contributed by atoms with Crippen LogP contribution in [0.25, 0.3) is 0 Å². The summed E-state index contributed by atoms with van der Waals surface area (Å²) in [7, 11) is 0. The number of hydrogen-bond acceptors (Lipinski definition) is 2. The van der Waals surface area contributed by atoms with Gasteiger partial charge < -0.3 is 10.8 Å². The first kappa shape index (κ1) is 13.6. The molecule has 16 heavy (non-hydrogen) atoms. The second kappa shape index (κ2) is 4.82. The van der Waals surface area contributed by atoms with E-state index in [-0.39, 0.29) is 11.2 Å². The minimum atomic E-state index is -0.731. The van der Waals surface area contributed by atoms with Crippen molar-refractivity contribution in [2.75, 3.05) is 0 Å². The van der Waals surface area contributed by atoms with Crippen molar-refractivity contribution in [1.29, 1.82) is 0 Å². The van der Waals surface area contributed by atoms with E-state index in [4.69, 9.17) is 5.73 Å². The van der Waals surface area contributed by atoms with Crippen molar-refractivity contribution >= 4 is 15.9 Å². The van der Waals surface area contributed by atoms with Crippen LogP contribution in [-0.4, -0.2) is 11.2 Å². The first-order valence-corrected chi connectivity index (χ1v) is 5.92. The minimum Gasteiger partial charge on any atom is -0.391 e. The lowest BCUT2D eigenvalue weighted by molar-refractivity contribution is 0.0398. The standard InChI is InChI=1S/C12H17BrFNO/c1-12(2,3)11(16)10(15)7-5-4-6-8(14)9(7)13/h4-6,10-11,16H,15H2,1-3H3/t10-,11-/m1/s1. The molecule has 0 aliphatic rings. The third-order valence-corrected chi connectivity index (χ3v) is 3.40. The Kier molecular flexibility index (Phi) is 4.10. The summed E-state index contributed by atoms with van der Waals surface area (Å²) in [6.45, 7) is 5.68. The molecule has 0 aliphatic carbocycles. The largest absolute Gasteiger partial charge is 0.391 e. The molecule has 3 N–H and O–H groups in total. The van der Waals surface area contributed by atoms with E-state index in [0.29, 0.717) is 10.0 Å². The Hall–Kier alpha value is -0.450. The van der Waals surface area contributed by atoms with Gasteiger partial charge in [-0.3, -0.25) is 0 Å². The molecule has 0 unspecified atom stereocenters. The smallest absolute Gasteiger partial charge is 0.137 e. The molecule has 4 heteroatoms. The molecular weight excluding hydrogens is 273 g/mol. The van der Waals surface area contributed by atoms with Gasteiger partial charge in [0.15, 0.2) is 0 Å². The van der Waals surface area contributed by atoms with E-state index in [2.05, 4.69) is 15.9 Å². The number of benzene rings is 1. The summed E-state index contributed by atoms with van der Waals surface area (Å²) in [5.74, 6) is -0.367. The molecule has 0 aromatic heterocycles. The fourth-order valence-corrected chi connectivity index (χ4v) is 2.02. The van der Waals surface area contributed by atoms with E-state index in [1.54, 1.807) is 12.1 Å². The van der Waals surface area contributed by atoms with Crippen LogP contribution < -0.4 is 5.73 Å². The molecule has 0 aliphatic heterocycles. The maximum absolute atomic E-state index is 13.3. The van der Waals surface area contributed by atoms with Gasteiger partial charge in [0.05, 0.1) is 16.6 Å². The van der Waals surface area contributed by atoms with Crippen molar-refractivity contribution in [2.45, 2.75) is 32.9 Å². The molecule has 0 bridgehead atoms. The molecule has 0 amide bonds. The predicted molar refractivity (Wildman–Crippen MR) is 66.5 cm³/mol. The third-order valence-electron chi connectivity index (χ3n) is 2.57. The van der Waals surface area contributed by atoms with E-state index in [9.17, 15) is 9.50 Å². The van der Waals surface area contributed by atoms with Crippen LogP contribution in [0.4, 0.5) is 4.39 Å². The summed E-state index contributed by atoms with van der Waals surface area (Å²) in [5, 5.41) is 10.1. The molecule has 0 saturated carbocycles. The van der Waals surface area contributed by atoms with Gasteiger partial charge in [-0.2, -0.15) is 0 Å². The molecule has 2 atom stereocenters. The van der Waals surface area contributed by atoms with Crippen LogP contribution in [-0.2, 0) is 0 Å². The van der Waals surface area contributed by atoms with E-state index in [1.807, 2.05) is 20.8 Å². The zero-order valence-electron chi connectivity index (χ0n) is 9.67. The SMILES string of the molecule is CC(C)(C)[C@H](O)[C@H](N)c1cccc(F)c1Br. The van der Waals surface area contributed by atoms with Gasteiger partial charge in [0.2, 0.25) is 0 Å². The Balaban J connectivity index is 3.06. The summed E-state index contributed by atoms with van der Waals surface area (Å²) in [6.07, 6.45) is -0.731. The fourth-order valence-electron chi connectivity index (χ4n) is 1.49. The maximum Gasteiger partial charge on any atom is 0.137 e. The van der Waals surface area contributed by atoms with Gasteiger partial charge in [-0.1, -0.05) is 32.9 Å². The van der Waals surface area contributed by atoms with E-state index in [1.165, 1.54) is 6.07 Å². The average molecular weight is 290 g/mol. The third kappa shape index (κ3) is 2.81. The number of hydrogen-bond donors (Lipinski definition) is 2.